The number of rotatable bonds is 6. The molecule has 1 aliphatic rings. The van der Waals surface area contributed by atoms with Crippen molar-refractivity contribution in [1.29, 1.82) is 0 Å². The van der Waals surface area contributed by atoms with Gasteiger partial charge in [0.2, 0.25) is 5.91 Å². The van der Waals surface area contributed by atoms with E-state index >= 15 is 0 Å². The van der Waals surface area contributed by atoms with Crippen molar-refractivity contribution in [3.05, 3.63) is 42.2 Å². The molecule has 1 saturated heterocycles. The Morgan fingerprint density at radius 3 is 2.93 bits per heavy atom. The van der Waals surface area contributed by atoms with Crippen LogP contribution in [-0.2, 0) is 4.79 Å². The van der Waals surface area contributed by atoms with Crippen LogP contribution in [0.15, 0.2) is 36.7 Å². The number of anilines is 1. The zero-order chi connectivity index (χ0) is 20.1. The highest BCUT2D eigenvalue weighted by Crippen LogP contribution is 2.22. The van der Waals surface area contributed by atoms with Crippen LogP contribution in [0.25, 0.3) is 11.3 Å². The van der Waals surface area contributed by atoms with Crippen molar-refractivity contribution in [2.24, 2.45) is 0 Å². The van der Waals surface area contributed by atoms with Gasteiger partial charge in [-0.15, -0.1) is 0 Å². The Balaban J connectivity index is 1.86. The molecule has 1 aromatic heterocycles. The molecular weight excluding hydrogens is 358 g/mol. The average Bonchev–Trinajstić information content (AvgIpc) is 2.69. The molecule has 8 nitrogen and oxygen atoms in total. The lowest BCUT2D eigenvalue weighted by atomic mass is 10.0. The second-order valence-electron chi connectivity index (χ2n) is 6.99. The lowest BCUT2D eigenvalue weighted by Gasteiger charge is -2.34. The molecule has 0 unspecified atom stereocenters. The van der Waals surface area contributed by atoms with Crippen LogP contribution < -0.4 is 10.6 Å². The second kappa shape index (κ2) is 8.79. The number of nitrogens with one attached hydrogen (secondary N) is 2. The van der Waals surface area contributed by atoms with Crippen LogP contribution in [0.2, 0.25) is 0 Å². The fourth-order valence-electron chi connectivity index (χ4n) is 3.23. The van der Waals surface area contributed by atoms with E-state index in [1.165, 1.54) is 11.2 Å². The standard InChI is InChI=1S/C20H25N5O3/c1-13(2)24-18-11-16(22-12-23-18)14-4-3-5-15(10-14)20(28)25-8-7-21-19(27)17(25)6-9-26/h3-5,10-13,17,26H,6-9H2,1-2H3,(H,21,27)(H,22,23,24)/t17-/m0/s1. The zero-order valence-corrected chi connectivity index (χ0v) is 16.1. The molecule has 28 heavy (non-hydrogen) atoms. The maximum atomic E-state index is 13.0. The van der Waals surface area contributed by atoms with E-state index in [0.29, 0.717) is 30.2 Å². The molecule has 1 aliphatic heterocycles. The minimum absolute atomic E-state index is 0.158. The van der Waals surface area contributed by atoms with Gasteiger partial charge in [0.05, 0.1) is 5.69 Å². The first kappa shape index (κ1) is 19.8. The number of hydrogen-bond donors (Lipinski definition) is 3. The van der Waals surface area contributed by atoms with E-state index in [-0.39, 0.29) is 30.9 Å². The summed E-state index contributed by atoms with van der Waals surface area (Å²) >= 11 is 0. The summed E-state index contributed by atoms with van der Waals surface area (Å²) in [6.45, 7) is 4.71. The van der Waals surface area contributed by atoms with E-state index < -0.39 is 6.04 Å². The quantitative estimate of drug-likeness (QED) is 0.694. The third-order valence-corrected chi connectivity index (χ3v) is 4.50. The third kappa shape index (κ3) is 4.45. The highest BCUT2D eigenvalue weighted by molar-refractivity contribution is 5.99. The van der Waals surface area contributed by atoms with Crippen LogP contribution in [0.1, 0.15) is 30.6 Å². The number of carbonyl (C=O) groups is 2. The first-order chi connectivity index (χ1) is 13.5. The van der Waals surface area contributed by atoms with Crippen LogP contribution in [0.3, 0.4) is 0 Å². The molecule has 2 aromatic rings. The van der Waals surface area contributed by atoms with Crippen LogP contribution in [0.4, 0.5) is 5.82 Å². The lowest BCUT2D eigenvalue weighted by molar-refractivity contribution is -0.128. The van der Waals surface area contributed by atoms with Gasteiger partial charge >= 0.3 is 0 Å². The molecule has 1 atom stereocenters. The Morgan fingerprint density at radius 1 is 1.36 bits per heavy atom. The maximum Gasteiger partial charge on any atom is 0.254 e. The van der Waals surface area contributed by atoms with Crippen LogP contribution in [-0.4, -0.2) is 63.6 Å². The molecule has 0 saturated carbocycles. The Labute approximate surface area is 164 Å². The van der Waals surface area contributed by atoms with Gasteiger partial charge < -0.3 is 20.6 Å². The minimum atomic E-state index is -0.657. The Hall–Kier alpha value is -3.00. The van der Waals surface area contributed by atoms with Crippen molar-refractivity contribution < 1.29 is 14.7 Å². The van der Waals surface area contributed by atoms with Gasteiger partial charge in [0, 0.05) is 42.9 Å². The van der Waals surface area contributed by atoms with E-state index in [1.807, 2.05) is 26.0 Å². The van der Waals surface area contributed by atoms with E-state index in [9.17, 15) is 14.7 Å². The number of nitrogens with zero attached hydrogens (tertiary/aromatic N) is 3. The predicted molar refractivity (Wildman–Crippen MR) is 106 cm³/mol. The summed E-state index contributed by atoms with van der Waals surface area (Å²) in [4.78, 5) is 35.2. The van der Waals surface area contributed by atoms with Gasteiger partial charge in [-0.25, -0.2) is 9.97 Å². The van der Waals surface area contributed by atoms with Crippen molar-refractivity contribution in [2.75, 3.05) is 25.0 Å². The number of aromatic nitrogens is 2. The summed E-state index contributed by atoms with van der Waals surface area (Å²) in [5.41, 5.74) is 1.98. The smallest absolute Gasteiger partial charge is 0.254 e. The van der Waals surface area contributed by atoms with Crippen molar-refractivity contribution >= 4 is 17.6 Å². The van der Waals surface area contributed by atoms with E-state index in [0.717, 1.165) is 5.56 Å². The number of piperazine rings is 1. The molecule has 2 heterocycles. The largest absolute Gasteiger partial charge is 0.396 e. The average molecular weight is 383 g/mol. The van der Waals surface area contributed by atoms with Gasteiger partial charge in [-0.2, -0.15) is 0 Å². The molecule has 2 amide bonds. The Morgan fingerprint density at radius 2 is 2.18 bits per heavy atom. The summed E-state index contributed by atoms with van der Waals surface area (Å²) in [6, 6.07) is 8.60. The van der Waals surface area contributed by atoms with E-state index in [2.05, 4.69) is 20.6 Å². The highest BCUT2D eigenvalue weighted by atomic mass is 16.3. The number of aliphatic hydroxyl groups excluding tert-OH is 1. The predicted octanol–water partition coefficient (Wildman–Crippen LogP) is 1.29. The highest BCUT2D eigenvalue weighted by Gasteiger charge is 2.33. The monoisotopic (exact) mass is 383 g/mol. The molecule has 3 rings (SSSR count). The lowest BCUT2D eigenvalue weighted by Crippen LogP contribution is -2.57. The summed E-state index contributed by atoms with van der Waals surface area (Å²) in [7, 11) is 0. The molecule has 0 aliphatic carbocycles. The van der Waals surface area contributed by atoms with Crippen molar-refractivity contribution in [3.8, 4) is 11.3 Å². The fraction of sp³-hybridized carbons (Fsp3) is 0.400. The maximum absolute atomic E-state index is 13.0. The molecule has 0 spiro atoms. The Bertz CT molecular complexity index is 855. The van der Waals surface area contributed by atoms with E-state index in [1.54, 1.807) is 18.2 Å². The molecular formula is C20H25N5O3. The molecule has 0 bridgehead atoms. The number of amides is 2. The number of benzene rings is 1. The summed E-state index contributed by atoms with van der Waals surface area (Å²) < 4.78 is 0. The van der Waals surface area contributed by atoms with Crippen LogP contribution >= 0.6 is 0 Å². The summed E-state index contributed by atoms with van der Waals surface area (Å²) in [5, 5.41) is 15.2. The zero-order valence-electron chi connectivity index (χ0n) is 16.1. The van der Waals surface area contributed by atoms with Gasteiger partial charge in [0.1, 0.15) is 18.2 Å². The van der Waals surface area contributed by atoms with Gasteiger partial charge in [-0.3, -0.25) is 9.59 Å². The van der Waals surface area contributed by atoms with Gasteiger partial charge in [-0.1, -0.05) is 12.1 Å². The van der Waals surface area contributed by atoms with Gasteiger partial charge in [0.25, 0.3) is 5.91 Å². The molecule has 148 valence electrons. The normalized spacial score (nSPS) is 16.8. The van der Waals surface area contributed by atoms with Gasteiger partial charge in [-0.05, 0) is 32.4 Å². The second-order valence-corrected chi connectivity index (χ2v) is 6.99. The van der Waals surface area contributed by atoms with Gasteiger partial charge in [0.15, 0.2) is 0 Å². The summed E-state index contributed by atoms with van der Waals surface area (Å²) in [5.74, 6) is 0.252. The number of hydrogen-bond acceptors (Lipinski definition) is 6. The number of carbonyl (C=O) groups excluding carboxylic acids is 2. The molecule has 0 radical (unpaired) electrons. The van der Waals surface area contributed by atoms with Crippen molar-refractivity contribution in [1.82, 2.24) is 20.2 Å². The van der Waals surface area contributed by atoms with Crippen LogP contribution in [0, 0.1) is 0 Å². The fourth-order valence-corrected chi connectivity index (χ4v) is 3.23. The SMILES string of the molecule is CC(C)Nc1cc(-c2cccc(C(=O)N3CCNC(=O)[C@@H]3CCO)c2)ncn1. The first-order valence-corrected chi connectivity index (χ1v) is 9.38. The first-order valence-electron chi connectivity index (χ1n) is 9.38. The molecule has 3 N–H and O–H groups in total. The van der Waals surface area contributed by atoms with Crippen molar-refractivity contribution in [3.63, 3.8) is 0 Å². The molecule has 1 aromatic carbocycles. The number of aliphatic hydroxyl groups is 1. The van der Waals surface area contributed by atoms with E-state index in [4.69, 9.17) is 0 Å². The van der Waals surface area contributed by atoms with Crippen LogP contribution in [0.5, 0.6) is 0 Å². The Kier molecular flexibility index (Phi) is 6.20. The minimum Gasteiger partial charge on any atom is -0.396 e. The molecule has 8 heteroatoms. The van der Waals surface area contributed by atoms with Crippen molar-refractivity contribution in [2.45, 2.75) is 32.4 Å². The third-order valence-electron chi connectivity index (χ3n) is 4.50. The topological polar surface area (TPSA) is 107 Å². The summed E-state index contributed by atoms with van der Waals surface area (Å²) in [6.07, 6.45) is 1.70. The molecule has 1 fully saturated rings.